The molecule has 3 N–H and O–H groups in total. The van der Waals surface area contributed by atoms with E-state index in [0.29, 0.717) is 6.54 Å². The van der Waals surface area contributed by atoms with Crippen molar-refractivity contribution in [2.75, 3.05) is 31.5 Å². The Kier molecular flexibility index (Phi) is 8.56. The van der Waals surface area contributed by atoms with Crippen LogP contribution in [0.2, 0.25) is 0 Å². The standard InChI is InChI=1S/C27H37N3O4/c1-3-28-27(32)29-23-13-11-22(12-14-23)26-33-24(17-30-15-5-4-6-16-30)19(2)25(34-26)21-9-7-20(18-31)8-10-21/h7-14,19,24-26,31H,3-6,15-18H2,1-2H3,(H2,28,29,32)/t19-,24+,25+,26+/m0/s1. The topological polar surface area (TPSA) is 83.1 Å². The number of nitrogens with zero attached hydrogens (tertiary/aromatic N) is 1. The van der Waals surface area contributed by atoms with E-state index in [2.05, 4.69) is 22.5 Å². The van der Waals surface area contributed by atoms with Gasteiger partial charge in [0.15, 0.2) is 6.29 Å². The summed E-state index contributed by atoms with van der Waals surface area (Å²) in [5, 5.41) is 15.0. The van der Waals surface area contributed by atoms with Crippen LogP contribution in [0.5, 0.6) is 0 Å². The van der Waals surface area contributed by atoms with E-state index in [1.165, 1.54) is 19.3 Å². The molecule has 2 aromatic carbocycles. The number of carbonyl (C=O) groups is 1. The van der Waals surface area contributed by atoms with Crippen LogP contribution >= 0.6 is 0 Å². The molecule has 0 aliphatic carbocycles. The number of ether oxygens (including phenoxy) is 2. The lowest BCUT2D eigenvalue weighted by Crippen LogP contribution is -2.45. The fourth-order valence-corrected chi connectivity index (χ4v) is 4.78. The van der Waals surface area contributed by atoms with Crippen molar-refractivity contribution in [3.05, 3.63) is 65.2 Å². The van der Waals surface area contributed by atoms with Gasteiger partial charge in [0.05, 0.1) is 18.8 Å². The fraction of sp³-hybridized carbons (Fsp3) is 0.519. The van der Waals surface area contributed by atoms with Crippen LogP contribution in [0, 0.1) is 5.92 Å². The summed E-state index contributed by atoms with van der Waals surface area (Å²) in [6.45, 7) is 7.82. The number of piperidine rings is 1. The molecule has 7 heteroatoms. The molecule has 2 aliphatic rings. The number of anilines is 1. The molecule has 2 fully saturated rings. The van der Waals surface area contributed by atoms with E-state index < -0.39 is 6.29 Å². The second kappa shape index (κ2) is 11.8. The number of nitrogens with one attached hydrogen (secondary N) is 2. The summed E-state index contributed by atoms with van der Waals surface area (Å²) in [5.74, 6) is 0.178. The van der Waals surface area contributed by atoms with Gasteiger partial charge in [-0.3, -0.25) is 0 Å². The maximum absolute atomic E-state index is 11.8. The van der Waals surface area contributed by atoms with Crippen molar-refractivity contribution in [3.63, 3.8) is 0 Å². The van der Waals surface area contributed by atoms with E-state index in [0.717, 1.165) is 42.0 Å². The third-order valence-corrected chi connectivity index (χ3v) is 6.79. The van der Waals surface area contributed by atoms with Crippen LogP contribution in [0.15, 0.2) is 48.5 Å². The van der Waals surface area contributed by atoms with E-state index in [9.17, 15) is 9.90 Å². The van der Waals surface area contributed by atoms with Gasteiger partial charge >= 0.3 is 6.03 Å². The first kappa shape index (κ1) is 24.7. The lowest BCUT2D eigenvalue weighted by Gasteiger charge is -2.43. The molecule has 4 rings (SSSR count). The highest BCUT2D eigenvalue weighted by atomic mass is 16.7. The number of hydrogen-bond acceptors (Lipinski definition) is 5. The zero-order valence-electron chi connectivity index (χ0n) is 20.2. The van der Waals surface area contributed by atoms with Gasteiger partial charge in [0.2, 0.25) is 0 Å². The van der Waals surface area contributed by atoms with Crippen LogP contribution in [0.25, 0.3) is 0 Å². The van der Waals surface area contributed by atoms with E-state index in [1.807, 2.05) is 55.5 Å². The quantitative estimate of drug-likeness (QED) is 0.554. The first-order chi connectivity index (χ1) is 16.6. The van der Waals surface area contributed by atoms with Crippen molar-refractivity contribution in [3.8, 4) is 0 Å². The molecule has 0 radical (unpaired) electrons. The van der Waals surface area contributed by atoms with E-state index >= 15 is 0 Å². The maximum atomic E-state index is 11.8. The van der Waals surface area contributed by atoms with Crippen LogP contribution in [-0.2, 0) is 16.1 Å². The van der Waals surface area contributed by atoms with E-state index in [4.69, 9.17) is 9.47 Å². The van der Waals surface area contributed by atoms with Crippen LogP contribution in [0.1, 0.15) is 62.2 Å². The highest BCUT2D eigenvalue weighted by molar-refractivity contribution is 5.89. The highest BCUT2D eigenvalue weighted by Gasteiger charge is 2.39. The van der Waals surface area contributed by atoms with Crippen molar-refractivity contribution in [2.24, 2.45) is 5.92 Å². The summed E-state index contributed by atoms with van der Waals surface area (Å²) < 4.78 is 13.1. The van der Waals surface area contributed by atoms with Gasteiger partial charge < -0.3 is 30.1 Å². The molecule has 0 spiro atoms. The molecule has 2 aromatic rings. The highest BCUT2D eigenvalue weighted by Crippen LogP contribution is 2.42. The van der Waals surface area contributed by atoms with Crippen molar-refractivity contribution < 1.29 is 19.4 Å². The molecular formula is C27H37N3O4. The fourth-order valence-electron chi connectivity index (χ4n) is 4.78. The summed E-state index contributed by atoms with van der Waals surface area (Å²) in [6, 6.07) is 15.4. The average Bonchev–Trinajstić information content (AvgIpc) is 2.87. The largest absolute Gasteiger partial charge is 0.392 e. The molecule has 2 amide bonds. The predicted octanol–water partition coefficient (Wildman–Crippen LogP) is 4.60. The third-order valence-electron chi connectivity index (χ3n) is 6.79. The minimum Gasteiger partial charge on any atom is -0.392 e. The van der Waals surface area contributed by atoms with Crippen LogP contribution in [0.3, 0.4) is 0 Å². The molecular weight excluding hydrogens is 430 g/mol. The van der Waals surface area contributed by atoms with Gasteiger partial charge in [-0.25, -0.2) is 4.79 Å². The van der Waals surface area contributed by atoms with Crippen molar-refractivity contribution in [1.29, 1.82) is 0 Å². The lowest BCUT2D eigenvalue weighted by atomic mass is 9.89. The predicted molar refractivity (Wildman–Crippen MR) is 132 cm³/mol. The van der Waals surface area contributed by atoms with Crippen LogP contribution in [0.4, 0.5) is 10.5 Å². The summed E-state index contributed by atoms with van der Waals surface area (Å²) in [7, 11) is 0. The first-order valence-corrected chi connectivity index (χ1v) is 12.4. The number of rotatable bonds is 7. The van der Waals surface area contributed by atoms with Crippen molar-refractivity contribution in [1.82, 2.24) is 10.2 Å². The van der Waals surface area contributed by atoms with Crippen LogP contribution < -0.4 is 10.6 Å². The van der Waals surface area contributed by atoms with Crippen LogP contribution in [-0.4, -0.2) is 48.3 Å². The first-order valence-electron chi connectivity index (χ1n) is 12.4. The minimum atomic E-state index is -0.493. The molecule has 34 heavy (non-hydrogen) atoms. The zero-order chi connectivity index (χ0) is 23.9. The normalized spacial score (nSPS) is 25.6. The van der Waals surface area contributed by atoms with Gasteiger partial charge in [0.25, 0.3) is 0 Å². The van der Waals surface area contributed by atoms with E-state index in [1.54, 1.807) is 0 Å². The number of aliphatic hydroxyl groups is 1. The van der Waals surface area contributed by atoms with Gasteiger partial charge in [0.1, 0.15) is 0 Å². The third kappa shape index (κ3) is 6.16. The summed E-state index contributed by atoms with van der Waals surface area (Å²) in [4.78, 5) is 14.3. The Hall–Kier alpha value is -2.45. The van der Waals surface area contributed by atoms with Crippen molar-refractivity contribution in [2.45, 2.75) is 58.2 Å². The molecule has 0 aromatic heterocycles. The molecule has 4 atom stereocenters. The maximum Gasteiger partial charge on any atom is 0.319 e. The van der Waals surface area contributed by atoms with Gasteiger partial charge in [-0.05, 0) is 56.1 Å². The van der Waals surface area contributed by atoms with Gasteiger partial charge in [-0.1, -0.05) is 49.7 Å². The number of amides is 2. The lowest BCUT2D eigenvalue weighted by molar-refractivity contribution is -0.276. The molecule has 184 valence electrons. The Morgan fingerprint density at radius 1 is 1.00 bits per heavy atom. The average molecular weight is 468 g/mol. The smallest absolute Gasteiger partial charge is 0.319 e. The number of likely N-dealkylation sites (tertiary alicyclic amines) is 1. The van der Waals surface area contributed by atoms with Gasteiger partial charge in [-0.15, -0.1) is 0 Å². The molecule has 2 saturated heterocycles. The number of carbonyl (C=O) groups excluding carboxylic acids is 1. The molecule has 0 unspecified atom stereocenters. The summed E-state index contributed by atoms with van der Waals surface area (Å²) >= 11 is 0. The second-order valence-electron chi connectivity index (χ2n) is 9.29. The number of urea groups is 1. The van der Waals surface area contributed by atoms with Crippen molar-refractivity contribution >= 4 is 11.7 Å². The summed E-state index contributed by atoms with van der Waals surface area (Å²) in [6.07, 6.45) is 3.22. The molecule has 0 bridgehead atoms. The summed E-state index contributed by atoms with van der Waals surface area (Å²) in [5.41, 5.74) is 3.63. The monoisotopic (exact) mass is 467 g/mol. The van der Waals surface area contributed by atoms with E-state index in [-0.39, 0.29) is 30.8 Å². The Labute approximate surface area is 202 Å². The number of benzene rings is 2. The number of aliphatic hydroxyl groups excluding tert-OH is 1. The molecule has 0 saturated carbocycles. The SMILES string of the molecule is CCNC(=O)Nc1ccc([C@@H]2O[C@H](CN3CCCCC3)[C@H](C)[C@H](c3ccc(CO)cc3)O2)cc1. The minimum absolute atomic E-state index is 0.0291. The second-order valence-corrected chi connectivity index (χ2v) is 9.29. The number of hydrogen-bond donors (Lipinski definition) is 3. The molecule has 2 heterocycles. The van der Waals surface area contributed by atoms with Gasteiger partial charge in [0, 0.05) is 30.3 Å². The van der Waals surface area contributed by atoms with Gasteiger partial charge in [-0.2, -0.15) is 0 Å². The zero-order valence-corrected chi connectivity index (χ0v) is 20.2. The molecule has 2 aliphatic heterocycles. The Morgan fingerprint density at radius 3 is 2.32 bits per heavy atom. The Bertz CT molecular complexity index is 912. The Balaban J connectivity index is 1.53. The molecule has 7 nitrogen and oxygen atoms in total. The Morgan fingerprint density at radius 2 is 1.68 bits per heavy atom.